The molecule has 0 aliphatic heterocycles. The molecule has 1 heterocycles. The molecule has 0 atom stereocenters. The van der Waals surface area contributed by atoms with Gasteiger partial charge in [0.1, 0.15) is 17.4 Å². The minimum atomic E-state index is -4.74. The van der Waals surface area contributed by atoms with Crippen molar-refractivity contribution in [1.29, 1.82) is 0 Å². The summed E-state index contributed by atoms with van der Waals surface area (Å²) in [5, 5.41) is 1.25. The highest BCUT2D eigenvalue weighted by molar-refractivity contribution is 5.84. The van der Waals surface area contributed by atoms with E-state index in [1.54, 1.807) is 18.3 Å². The van der Waals surface area contributed by atoms with Crippen LogP contribution in [0.3, 0.4) is 0 Å². The minimum absolute atomic E-state index is 0.227. The first-order valence-electron chi connectivity index (χ1n) is 11.9. The lowest BCUT2D eigenvalue weighted by molar-refractivity contribution is -0.140. The van der Waals surface area contributed by atoms with Crippen molar-refractivity contribution in [1.82, 2.24) is 4.98 Å². The highest BCUT2D eigenvalue weighted by Gasteiger charge is 2.33. The van der Waals surface area contributed by atoms with Gasteiger partial charge in [-0.15, -0.1) is 0 Å². The van der Waals surface area contributed by atoms with Gasteiger partial charge in [-0.1, -0.05) is 43.3 Å². The van der Waals surface area contributed by atoms with Gasteiger partial charge in [0.15, 0.2) is 0 Å². The molecule has 0 N–H and O–H groups in total. The second-order valence-corrected chi connectivity index (χ2v) is 8.74. The second-order valence-electron chi connectivity index (χ2n) is 8.74. The van der Waals surface area contributed by atoms with Crippen LogP contribution in [0, 0.1) is 11.6 Å². The third-order valence-corrected chi connectivity index (χ3v) is 6.06. The molecular formula is C29H26F5NO. The van der Waals surface area contributed by atoms with Crippen LogP contribution in [0.5, 0.6) is 5.75 Å². The van der Waals surface area contributed by atoms with Gasteiger partial charge in [0.2, 0.25) is 0 Å². The molecule has 188 valence electrons. The summed E-state index contributed by atoms with van der Waals surface area (Å²) in [5.74, 6) is -0.931. The van der Waals surface area contributed by atoms with E-state index in [2.05, 4.69) is 4.98 Å². The molecule has 4 rings (SSSR count). The minimum Gasteiger partial charge on any atom is -0.492 e. The van der Waals surface area contributed by atoms with Gasteiger partial charge in [-0.3, -0.25) is 4.98 Å². The van der Waals surface area contributed by atoms with Gasteiger partial charge in [-0.05, 0) is 78.4 Å². The largest absolute Gasteiger partial charge is 0.492 e. The first-order valence-corrected chi connectivity index (χ1v) is 11.9. The number of aromatic nitrogens is 1. The summed E-state index contributed by atoms with van der Waals surface area (Å²) in [5.41, 5.74) is 1.52. The Morgan fingerprint density at radius 3 is 2.25 bits per heavy atom. The van der Waals surface area contributed by atoms with Gasteiger partial charge < -0.3 is 4.74 Å². The number of hydrogen-bond donors (Lipinski definition) is 0. The van der Waals surface area contributed by atoms with Crippen LogP contribution >= 0.6 is 0 Å². The van der Waals surface area contributed by atoms with E-state index in [4.69, 9.17) is 4.74 Å². The Morgan fingerprint density at radius 1 is 0.806 bits per heavy atom. The third kappa shape index (κ3) is 6.20. The van der Waals surface area contributed by atoms with Crippen molar-refractivity contribution in [3.63, 3.8) is 0 Å². The lowest BCUT2D eigenvalue weighted by atomic mass is 9.97. The zero-order valence-corrected chi connectivity index (χ0v) is 19.8. The van der Waals surface area contributed by atoms with Gasteiger partial charge in [-0.2, -0.15) is 13.2 Å². The van der Waals surface area contributed by atoms with Crippen molar-refractivity contribution in [2.24, 2.45) is 0 Å². The molecule has 2 nitrogen and oxygen atoms in total. The number of hydrogen-bond acceptors (Lipinski definition) is 2. The van der Waals surface area contributed by atoms with Crippen molar-refractivity contribution in [3.05, 3.63) is 106 Å². The summed E-state index contributed by atoms with van der Waals surface area (Å²) in [6, 6.07) is 15.8. The van der Waals surface area contributed by atoms with E-state index in [0.717, 1.165) is 53.8 Å². The quantitative estimate of drug-likeness (QED) is 0.219. The van der Waals surface area contributed by atoms with Crippen molar-refractivity contribution in [2.75, 3.05) is 6.61 Å². The van der Waals surface area contributed by atoms with Crippen LogP contribution in [0.15, 0.2) is 66.9 Å². The average Bonchev–Trinajstić information content (AvgIpc) is 2.85. The normalized spacial score (nSPS) is 11.7. The summed E-state index contributed by atoms with van der Waals surface area (Å²) in [6.45, 7) is 2.70. The van der Waals surface area contributed by atoms with E-state index < -0.39 is 17.6 Å². The van der Waals surface area contributed by atoms with Gasteiger partial charge in [0.05, 0.1) is 18.4 Å². The molecule has 0 unspecified atom stereocenters. The average molecular weight is 500 g/mol. The Labute approximate surface area is 206 Å². The molecular weight excluding hydrogens is 473 g/mol. The maximum Gasteiger partial charge on any atom is 0.419 e. The first-order chi connectivity index (χ1) is 17.2. The molecule has 7 heteroatoms. The number of fused-ring (bicyclic) bond motifs is 1. The molecule has 0 bridgehead atoms. The monoisotopic (exact) mass is 499 g/mol. The fraction of sp³-hybridized carbons (Fsp3) is 0.276. The standard InChI is InChI=1S/C29H26F5NO/c1-2-15-36-24-12-11-23(35-18-24)10-4-19-5-13-25-22(16-19)9-8-21(28(25)31)7-3-20-6-14-26(27(30)17-20)29(32,33)34/h5-6,8-9,11-14,16-18H,2-4,7,10,15H2,1H3. The van der Waals surface area contributed by atoms with E-state index >= 15 is 4.39 Å². The van der Waals surface area contributed by atoms with Gasteiger partial charge in [0.25, 0.3) is 0 Å². The molecule has 36 heavy (non-hydrogen) atoms. The number of nitrogens with zero attached hydrogens (tertiary/aromatic N) is 1. The molecule has 0 radical (unpaired) electrons. The van der Waals surface area contributed by atoms with Crippen LogP contribution in [0.4, 0.5) is 22.0 Å². The molecule has 0 spiro atoms. The maximum absolute atomic E-state index is 15.1. The SMILES string of the molecule is CCCOc1ccc(CCc2ccc3c(F)c(CCc4ccc(C(F)(F)F)c(F)c4)ccc3c2)nc1. The Kier molecular flexibility index (Phi) is 7.87. The Morgan fingerprint density at radius 2 is 1.56 bits per heavy atom. The lowest BCUT2D eigenvalue weighted by Gasteiger charge is -2.11. The molecule has 3 aromatic carbocycles. The molecule has 0 amide bonds. The number of pyridine rings is 1. The molecule has 0 aliphatic rings. The van der Waals surface area contributed by atoms with Crippen molar-refractivity contribution < 1.29 is 26.7 Å². The number of alkyl halides is 3. The van der Waals surface area contributed by atoms with Crippen molar-refractivity contribution in [3.8, 4) is 5.75 Å². The Bertz CT molecular complexity index is 1330. The second kappa shape index (κ2) is 11.1. The van der Waals surface area contributed by atoms with Crippen molar-refractivity contribution in [2.45, 2.75) is 45.2 Å². The molecule has 0 saturated heterocycles. The van der Waals surface area contributed by atoms with E-state index in [1.807, 2.05) is 37.3 Å². The zero-order valence-electron chi connectivity index (χ0n) is 19.8. The lowest BCUT2D eigenvalue weighted by Crippen LogP contribution is -2.08. The highest BCUT2D eigenvalue weighted by Crippen LogP contribution is 2.32. The van der Waals surface area contributed by atoms with E-state index in [-0.39, 0.29) is 18.7 Å². The summed E-state index contributed by atoms with van der Waals surface area (Å²) < 4.78 is 72.8. The van der Waals surface area contributed by atoms with Crippen LogP contribution < -0.4 is 4.74 Å². The molecule has 4 aromatic rings. The van der Waals surface area contributed by atoms with E-state index in [9.17, 15) is 17.6 Å². The van der Waals surface area contributed by atoms with Crippen LogP contribution in [-0.4, -0.2) is 11.6 Å². The van der Waals surface area contributed by atoms with Gasteiger partial charge in [0, 0.05) is 11.1 Å². The van der Waals surface area contributed by atoms with Gasteiger partial charge in [-0.25, -0.2) is 8.78 Å². The van der Waals surface area contributed by atoms with Crippen LogP contribution in [-0.2, 0) is 31.9 Å². The molecule has 1 aromatic heterocycles. The number of ether oxygens (including phenoxy) is 1. The predicted octanol–water partition coefficient (Wildman–Crippen LogP) is 7.89. The summed E-state index contributed by atoms with van der Waals surface area (Å²) in [7, 11) is 0. The van der Waals surface area contributed by atoms with E-state index in [1.165, 1.54) is 6.07 Å². The highest BCUT2D eigenvalue weighted by atomic mass is 19.4. The first kappa shape index (κ1) is 25.6. The molecule has 0 fully saturated rings. The Balaban J connectivity index is 1.40. The van der Waals surface area contributed by atoms with Gasteiger partial charge >= 0.3 is 6.18 Å². The van der Waals surface area contributed by atoms with E-state index in [0.29, 0.717) is 23.1 Å². The number of benzene rings is 3. The number of halogens is 5. The smallest absolute Gasteiger partial charge is 0.419 e. The topological polar surface area (TPSA) is 22.1 Å². The summed E-state index contributed by atoms with van der Waals surface area (Å²) >= 11 is 0. The predicted molar refractivity (Wildman–Crippen MR) is 130 cm³/mol. The summed E-state index contributed by atoms with van der Waals surface area (Å²) in [6.07, 6.45) is -0.115. The third-order valence-electron chi connectivity index (χ3n) is 6.06. The number of aryl methyl sites for hydroxylation is 4. The molecule has 0 aliphatic carbocycles. The zero-order chi connectivity index (χ0) is 25.7. The molecule has 0 saturated carbocycles. The van der Waals surface area contributed by atoms with Crippen LogP contribution in [0.25, 0.3) is 10.8 Å². The van der Waals surface area contributed by atoms with Crippen molar-refractivity contribution >= 4 is 10.8 Å². The Hall–Kier alpha value is -3.48. The maximum atomic E-state index is 15.1. The fourth-order valence-corrected chi connectivity index (χ4v) is 4.09. The fourth-order valence-electron chi connectivity index (χ4n) is 4.09. The summed E-state index contributed by atoms with van der Waals surface area (Å²) in [4.78, 5) is 4.44. The van der Waals surface area contributed by atoms with Crippen LogP contribution in [0.2, 0.25) is 0 Å². The number of rotatable bonds is 9. The van der Waals surface area contributed by atoms with Crippen LogP contribution in [0.1, 0.15) is 41.3 Å².